The molecule has 0 aromatic heterocycles. The summed E-state index contributed by atoms with van der Waals surface area (Å²) < 4.78 is 0. The lowest BCUT2D eigenvalue weighted by Crippen LogP contribution is -2.49. The minimum absolute atomic E-state index is 0.00260. The third-order valence-electron chi connectivity index (χ3n) is 9.10. The summed E-state index contributed by atoms with van der Waals surface area (Å²) in [5, 5.41) is 157. The van der Waals surface area contributed by atoms with Crippen molar-refractivity contribution in [2.45, 2.75) is 48.8 Å². The van der Waals surface area contributed by atoms with Gasteiger partial charge in [0.05, 0.1) is 102 Å². The second-order valence-electron chi connectivity index (χ2n) is 14.4. The highest BCUT2D eigenvalue weighted by atomic mass is 16.3. The molecule has 0 saturated heterocycles. The number of hydrogen-bond donors (Lipinski definition) is 16. The minimum Gasteiger partial charge on any atom is -0.394 e. The molecule has 0 radical (unpaired) electrons. The van der Waals surface area contributed by atoms with Crippen molar-refractivity contribution in [2.75, 3.05) is 171 Å². The van der Waals surface area contributed by atoms with Crippen molar-refractivity contribution in [3.05, 3.63) is 0 Å². The zero-order valence-electron chi connectivity index (χ0n) is 32.8. The molecular formula is C34H76N6O16. The van der Waals surface area contributed by atoms with Crippen LogP contribution in [0.15, 0.2) is 0 Å². The van der Waals surface area contributed by atoms with Gasteiger partial charge in [-0.2, -0.15) is 0 Å². The SMILES string of the molecule is OCC(O)CN(CCN(CCN(CCN(CC(O)CO)CC(O)CO)CC(O)CO)CC(O)CO)CCN(CCN(CC(O)CO)CC(O)CO)CC(O)CO. The van der Waals surface area contributed by atoms with Gasteiger partial charge in [0.1, 0.15) is 0 Å². The molecule has 0 amide bonds. The maximum absolute atomic E-state index is 10.4. The zero-order valence-corrected chi connectivity index (χ0v) is 32.8. The molecular weight excluding hydrogens is 748 g/mol. The van der Waals surface area contributed by atoms with Gasteiger partial charge in [-0.1, -0.05) is 0 Å². The summed E-state index contributed by atoms with van der Waals surface area (Å²) in [6.45, 7) is -1.05. The van der Waals surface area contributed by atoms with Crippen LogP contribution < -0.4 is 0 Å². The Morgan fingerprint density at radius 2 is 0.304 bits per heavy atom. The van der Waals surface area contributed by atoms with Crippen molar-refractivity contribution in [3.63, 3.8) is 0 Å². The van der Waals surface area contributed by atoms with E-state index >= 15 is 0 Å². The second-order valence-corrected chi connectivity index (χ2v) is 14.4. The lowest BCUT2D eigenvalue weighted by molar-refractivity contribution is 0.0109. The van der Waals surface area contributed by atoms with Crippen LogP contribution in [0.2, 0.25) is 0 Å². The maximum atomic E-state index is 10.4. The van der Waals surface area contributed by atoms with Crippen LogP contribution in [0.4, 0.5) is 0 Å². The molecule has 0 spiro atoms. The predicted molar refractivity (Wildman–Crippen MR) is 203 cm³/mol. The van der Waals surface area contributed by atoms with Gasteiger partial charge in [0.25, 0.3) is 0 Å². The first kappa shape index (κ1) is 55.1. The Morgan fingerprint density at radius 3 is 0.429 bits per heavy atom. The van der Waals surface area contributed by atoms with E-state index in [1.807, 2.05) is 19.6 Å². The van der Waals surface area contributed by atoms with Gasteiger partial charge in [-0.15, -0.1) is 0 Å². The molecule has 0 aliphatic rings. The minimum atomic E-state index is -1.11. The summed E-state index contributed by atoms with van der Waals surface area (Å²) in [5.74, 6) is 0. The van der Waals surface area contributed by atoms with Gasteiger partial charge in [-0.3, -0.25) is 29.4 Å². The van der Waals surface area contributed by atoms with Crippen LogP contribution in [-0.2, 0) is 0 Å². The molecule has 0 fully saturated rings. The molecule has 0 aromatic rings. The van der Waals surface area contributed by atoms with Gasteiger partial charge < -0.3 is 81.7 Å². The Kier molecular flexibility index (Phi) is 33.4. The number of nitrogens with zero attached hydrogens (tertiary/aromatic N) is 6. The van der Waals surface area contributed by atoms with Crippen LogP contribution in [-0.4, -0.2) is 331 Å². The molecule has 22 nitrogen and oxygen atoms in total. The quantitative estimate of drug-likeness (QED) is 0.0274. The van der Waals surface area contributed by atoms with Crippen LogP contribution in [0.5, 0.6) is 0 Å². The van der Waals surface area contributed by atoms with Gasteiger partial charge in [-0.05, 0) is 0 Å². The molecule has 22 heteroatoms. The molecule has 0 aromatic carbocycles. The summed E-state index contributed by atoms with van der Waals surface area (Å²) in [7, 11) is 0. The Hall–Kier alpha value is -0.880. The molecule has 8 atom stereocenters. The van der Waals surface area contributed by atoms with Gasteiger partial charge in [0.15, 0.2) is 0 Å². The molecule has 0 heterocycles. The summed E-state index contributed by atoms with van der Waals surface area (Å²) in [6, 6.07) is 0. The Bertz CT molecular complexity index is 809. The van der Waals surface area contributed by atoms with Crippen molar-refractivity contribution >= 4 is 0 Å². The van der Waals surface area contributed by atoms with E-state index < -0.39 is 102 Å². The molecule has 0 bridgehead atoms. The van der Waals surface area contributed by atoms with E-state index in [1.165, 1.54) is 0 Å². The van der Waals surface area contributed by atoms with Gasteiger partial charge >= 0.3 is 0 Å². The summed E-state index contributed by atoms with van der Waals surface area (Å²) >= 11 is 0. The number of aliphatic hydroxyl groups is 16. The first-order chi connectivity index (χ1) is 26.7. The average molecular weight is 825 g/mol. The van der Waals surface area contributed by atoms with E-state index in [2.05, 4.69) is 0 Å². The van der Waals surface area contributed by atoms with Crippen molar-refractivity contribution < 1.29 is 81.7 Å². The zero-order chi connectivity index (χ0) is 42.5. The molecule has 338 valence electrons. The van der Waals surface area contributed by atoms with Crippen molar-refractivity contribution in [1.29, 1.82) is 0 Å². The molecule has 0 aliphatic carbocycles. The van der Waals surface area contributed by atoms with Crippen LogP contribution in [0.1, 0.15) is 0 Å². The molecule has 8 unspecified atom stereocenters. The third-order valence-corrected chi connectivity index (χ3v) is 9.10. The highest BCUT2D eigenvalue weighted by molar-refractivity contribution is 4.77. The van der Waals surface area contributed by atoms with Gasteiger partial charge in [0, 0.05) is 118 Å². The summed E-state index contributed by atoms with van der Waals surface area (Å²) in [4.78, 5) is 10.6. The third kappa shape index (κ3) is 27.7. The molecule has 0 rings (SSSR count). The number of rotatable bonds is 39. The highest BCUT2D eigenvalue weighted by Gasteiger charge is 2.22. The summed E-state index contributed by atoms with van der Waals surface area (Å²) in [5.41, 5.74) is 0. The first-order valence-electron chi connectivity index (χ1n) is 19.3. The summed E-state index contributed by atoms with van der Waals surface area (Å²) in [6.07, 6.45) is -8.80. The Labute approximate surface area is 330 Å². The van der Waals surface area contributed by atoms with E-state index in [0.29, 0.717) is 39.3 Å². The molecule has 16 N–H and O–H groups in total. The smallest absolute Gasteiger partial charge is 0.0897 e. The van der Waals surface area contributed by atoms with Crippen molar-refractivity contribution in [3.8, 4) is 0 Å². The lowest BCUT2D eigenvalue weighted by atomic mass is 10.2. The maximum Gasteiger partial charge on any atom is 0.0897 e. The van der Waals surface area contributed by atoms with Crippen LogP contribution in [0.25, 0.3) is 0 Å². The Balaban J connectivity index is 5.93. The number of aliphatic hydroxyl groups excluding tert-OH is 16. The standard InChI is InChI=1S/C34H76N6O16/c41-19-27(49)11-35(3-5-37(13-29(51)21-43)7-9-39(15-31(53)23-45)16-32(54)24-46)1-2-36(12-28(50)20-42)4-6-38(14-30(52)22-44)8-10-40(17-33(55)25-47)18-34(56)26-48/h27-34,41-56H,1-26H2. The van der Waals surface area contributed by atoms with E-state index in [9.17, 15) is 81.7 Å². The monoisotopic (exact) mass is 825 g/mol. The van der Waals surface area contributed by atoms with E-state index in [0.717, 1.165) is 0 Å². The van der Waals surface area contributed by atoms with Crippen molar-refractivity contribution in [1.82, 2.24) is 29.4 Å². The Morgan fingerprint density at radius 1 is 0.196 bits per heavy atom. The van der Waals surface area contributed by atoms with Gasteiger partial charge in [-0.25, -0.2) is 0 Å². The molecule has 0 aliphatic heterocycles. The normalized spacial score (nSPS) is 17.0. The van der Waals surface area contributed by atoms with E-state index in [1.54, 1.807) is 9.80 Å². The number of hydrogen-bond acceptors (Lipinski definition) is 22. The lowest BCUT2D eigenvalue weighted by Gasteiger charge is -2.34. The molecule has 56 heavy (non-hydrogen) atoms. The fourth-order valence-corrected chi connectivity index (χ4v) is 5.95. The fourth-order valence-electron chi connectivity index (χ4n) is 5.95. The molecule has 0 saturated carbocycles. The van der Waals surface area contributed by atoms with Crippen LogP contribution in [0.3, 0.4) is 0 Å². The predicted octanol–water partition coefficient (Wildman–Crippen LogP) is -10.4. The van der Waals surface area contributed by atoms with E-state index in [4.69, 9.17) is 0 Å². The fraction of sp³-hybridized carbons (Fsp3) is 1.00. The van der Waals surface area contributed by atoms with Gasteiger partial charge in [0.2, 0.25) is 0 Å². The van der Waals surface area contributed by atoms with Crippen LogP contribution in [0, 0.1) is 0 Å². The van der Waals surface area contributed by atoms with Crippen molar-refractivity contribution in [2.24, 2.45) is 0 Å². The highest BCUT2D eigenvalue weighted by Crippen LogP contribution is 2.05. The second kappa shape index (κ2) is 33.9. The largest absolute Gasteiger partial charge is 0.394 e. The average Bonchev–Trinajstić information content (AvgIpc) is 3.19. The first-order valence-corrected chi connectivity index (χ1v) is 19.3. The van der Waals surface area contributed by atoms with E-state index in [-0.39, 0.29) is 78.5 Å². The topological polar surface area (TPSA) is 343 Å². The van der Waals surface area contributed by atoms with Crippen LogP contribution >= 0.6 is 0 Å².